The Labute approximate surface area is 169 Å². The number of carbonyl (C=O) groups is 2. The lowest BCUT2D eigenvalue weighted by Crippen LogP contribution is -2.48. The van der Waals surface area contributed by atoms with Gasteiger partial charge in [-0.3, -0.25) is 9.59 Å². The van der Waals surface area contributed by atoms with Crippen molar-refractivity contribution < 1.29 is 19.4 Å². The summed E-state index contributed by atoms with van der Waals surface area (Å²) in [5.74, 6) is -1.19. The first-order valence-corrected chi connectivity index (χ1v) is 14.0. The fourth-order valence-corrected chi connectivity index (χ4v) is 5.12. The van der Waals surface area contributed by atoms with Crippen molar-refractivity contribution in [1.29, 1.82) is 0 Å². The van der Waals surface area contributed by atoms with Crippen LogP contribution >= 0.6 is 15.9 Å². The highest BCUT2D eigenvalue weighted by atomic mass is 79.9. The summed E-state index contributed by atoms with van der Waals surface area (Å²) in [6, 6.07) is 2.83. The number of carboxylic acid groups (broad SMARTS) is 1. The molecule has 0 aromatic carbocycles. The van der Waals surface area contributed by atoms with Crippen molar-refractivity contribution in [3.8, 4) is 0 Å². The second kappa shape index (κ2) is 8.04. The average molecular weight is 458 g/mol. The molecule has 3 atom stereocenters. The molecule has 150 valence electrons. The van der Waals surface area contributed by atoms with E-state index in [-0.39, 0.29) is 23.9 Å². The molecule has 9 heteroatoms. The Hall–Kier alpha value is -1.19. The quantitative estimate of drug-likeness (QED) is 0.500. The Kier molecular flexibility index (Phi) is 6.12. The van der Waals surface area contributed by atoms with E-state index >= 15 is 0 Å². The molecule has 3 rings (SSSR count). The van der Waals surface area contributed by atoms with Gasteiger partial charge in [0.25, 0.3) is 5.91 Å². The molecule has 1 amide bonds. The maximum absolute atomic E-state index is 13.0. The molecule has 2 saturated heterocycles. The van der Waals surface area contributed by atoms with E-state index in [1.807, 2.05) is 4.90 Å². The van der Waals surface area contributed by atoms with Gasteiger partial charge in [0.2, 0.25) is 0 Å². The fraction of sp³-hybridized carbons (Fsp3) is 0.722. The SMILES string of the molecule is C[Si](C)(C)CCOCn1nc(C(=O)N2[C@@H]3CC[C@H]2CC(C(=O)O)C3)cc1Br. The summed E-state index contributed by atoms with van der Waals surface area (Å²) in [7, 11) is -1.14. The zero-order chi connectivity index (χ0) is 19.8. The van der Waals surface area contributed by atoms with Crippen LogP contribution in [-0.4, -0.2) is 58.4 Å². The van der Waals surface area contributed by atoms with Gasteiger partial charge in [-0.15, -0.1) is 0 Å². The van der Waals surface area contributed by atoms with Crippen molar-refractivity contribution in [1.82, 2.24) is 14.7 Å². The lowest BCUT2D eigenvalue weighted by atomic mass is 9.90. The van der Waals surface area contributed by atoms with Crippen molar-refractivity contribution in [2.24, 2.45) is 5.92 Å². The normalized spacial score (nSPS) is 25.0. The molecule has 3 heterocycles. The van der Waals surface area contributed by atoms with Crippen LogP contribution in [0.2, 0.25) is 25.7 Å². The molecule has 7 nitrogen and oxygen atoms in total. The van der Waals surface area contributed by atoms with Gasteiger partial charge in [0.05, 0.1) is 5.92 Å². The molecule has 0 spiro atoms. The minimum absolute atomic E-state index is 0.00858. The van der Waals surface area contributed by atoms with Gasteiger partial charge in [0.1, 0.15) is 11.3 Å². The third-order valence-electron chi connectivity index (χ3n) is 5.48. The Morgan fingerprint density at radius 2 is 1.93 bits per heavy atom. The van der Waals surface area contributed by atoms with Crippen molar-refractivity contribution in [2.75, 3.05) is 6.61 Å². The highest BCUT2D eigenvalue weighted by molar-refractivity contribution is 9.10. The summed E-state index contributed by atoms with van der Waals surface area (Å²) in [4.78, 5) is 26.2. The molecule has 1 N–H and O–H groups in total. The largest absolute Gasteiger partial charge is 0.481 e. The smallest absolute Gasteiger partial charge is 0.306 e. The maximum Gasteiger partial charge on any atom is 0.306 e. The van der Waals surface area contributed by atoms with E-state index in [4.69, 9.17) is 4.74 Å². The summed E-state index contributed by atoms with van der Waals surface area (Å²) in [5, 5.41) is 13.7. The second-order valence-corrected chi connectivity index (χ2v) is 15.2. The van der Waals surface area contributed by atoms with E-state index in [0.29, 0.717) is 36.5 Å². The standard InChI is InChI=1S/C18H28BrN3O4Si/c1-27(2,3)7-6-26-11-21-16(19)10-15(20-21)17(23)22-13-4-5-14(22)9-12(8-13)18(24)25/h10,12-14H,4-9,11H2,1-3H3,(H,24,25)/t12?,13-,14+. The number of hydrogen-bond acceptors (Lipinski definition) is 4. The Morgan fingerprint density at radius 1 is 1.30 bits per heavy atom. The second-order valence-electron chi connectivity index (χ2n) is 8.80. The predicted octanol–water partition coefficient (Wildman–Crippen LogP) is 3.43. The van der Waals surface area contributed by atoms with Gasteiger partial charge in [0.15, 0.2) is 5.69 Å². The highest BCUT2D eigenvalue weighted by Gasteiger charge is 2.45. The minimum atomic E-state index is -1.14. The van der Waals surface area contributed by atoms with Crippen molar-refractivity contribution >= 4 is 35.9 Å². The molecule has 0 aliphatic carbocycles. The van der Waals surface area contributed by atoms with E-state index in [0.717, 1.165) is 18.9 Å². The molecule has 1 aromatic heterocycles. The summed E-state index contributed by atoms with van der Waals surface area (Å²) in [5.41, 5.74) is 0.390. The summed E-state index contributed by atoms with van der Waals surface area (Å²) in [6.45, 7) is 7.92. The molecule has 2 fully saturated rings. The van der Waals surface area contributed by atoms with E-state index in [9.17, 15) is 14.7 Å². The van der Waals surface area contributed by atoms with E-state index in [1.54, 1.807) is 10.7 Å². The van der Waals surface area contributed by atoms with Crippen LogP contribution in [0.3, 0.4) is 0 Å². The van der Waals surface area contributed by atoms with Gasteiger partial charge in [-0.05, 0) is 47.7 Å². The molecular formula is C18H28BrN3O4Si. The molecule has 2 aliphatic heterocycles. The van der Waals surface area contributed by atoms with Gasteiger partial charge >= 0.3 is 5.97 Å². The van der Waals surface area contributed by atoms with E-state index in [1.165, 1.54) is 0 Å². The highest BCUT2D eigenvalue weighted by Crippen LogP contribution is 2.39. The van der Waals surface area contributed by atoms with E-state index in [2.05, 4.69) is 40.7 Å². The number of carbonyl (C=O) groups excluding carboxylic acids is 1. The van der Waals surface area contributed by atoms with Gasteiger partial charge < -0.3 is 14.7 Å². The van der Waals surface area contributed by atoms with Crippen LogP contribution in [0, 0.1) is 5.92 Å². The average Bonchev–Trinajstić information content (AvgIpc) is 3.07. The molecule has 0 saturated carbocycles. The lowest BCUT2D eigenvalue weighted by Gasteiger charge is -2.37. The molecule has 27 heavy (non-hydrogen) atoms. The molecular weight excluding hydrogens is 430 g/mol. The Balaban J connectivity index is 1.62. The van der Waals surface area contributed by atoms with Crippen molar-refractivity contribution in [3.63, 3.8) is 0 Å². The first kappa shape index (κ1) is 20.5. The number of fused-ring (bicyclic) bond motifs is 2. The Morgan fingerprint density at radius 3 is 2.48 bits per heavy atom. The zero-order valence-electron chi connectivity index (χ0n) is 16.2. The number of ether oxygens (including phenoxy) is 1. The zero-order valence-corrected chi connectivity index (χ0v) is 18.7. The van der Waals surface area contributed by atoms with Crippen LogP contribution in [-0.2, 0) is 16.3 Å². The fourth-order valence-electron chi connectivity index (χ4n) is 3.96. The lowest BCUT2D eigenvalue weighted by molar-refractivity contribution is -0.144. The van der Waals surface area contributed by atoms with Crippen molar-refractivity contribution in [3.05, 3.63) is 16.4 Å². The van der Waals surface area contributed by atoms with Crippen LogP contribution in [0.1, 0.15) is 36.2 Å². The van der Waals surface area contributed by atoms with Crippen LogP contribution in [0.25, 0.3) is 0 Å². The third-order valence-corrected chi connectivity index (χ3v) is 7.82. The number of hydrogen-bond donors (Lipinski definition) is 1. The van der Waals surface area contributed by atoms with Crippen molar-refractivity contribution in [2.45, 2.75) is 70.2 Å². The third kappa shape index (κ3) is 4.81. The summed E-state index contributed by atoms with van der Waals surface area (Å²) >= 11 is 3.46. The number of nitrogens with zero attached hydrogens (tertiary/aromatic N) is 3. The first-order chi connectivity index (χ1) is 12.7. The predicted molar refractivity (Wildman–Crippen MR) is 107 cm³/mol. The van der Waals surface area contributed by atoms with E-state index < -0.39 is 14.0 Å². The molecule has 0 radical (unpaired) electrons. The number of halogens is 1. The first-order valence-electron chi connectivity index (χ1n) is 9.52. The molecule has 1 aromatic rings. The number of carboxylic acids is 1. The maximum atomic E-state index is 13.0. The van der Waals surface area contributed by atoms with Gasteiger partial charge in [-0.2, -0.15) is 5.10 Å². The van der Waals surface area contributed by atoms with Crippen LogP contribution in [0.4, 0.5) is 0 Å². The molecule has 2 aliphatic rings. The number of rotatable bonds is 7. The number of aromatic nitrogens is 2. The topological polar surface area (TPSA) is 84.7 Å². The van der Waals surface area contributed by atoms with Gasteiger partial charge in [-0.1, -0.05) is 19.6 Å². The molecule has 1 unspecified atom stereocenters. The summed E-state index contributed by atoms with van der Waals surface area (Å²) in [6.07, 6.45) is 2.84. The van der Waals surface area contributed by atoms with Gasteiger partial charge in [0, 0.05) is 32.8 Å². The van der Waals surface area contributed by atoms with Crippen LogP contribution < -0.4 is 0 Å². The van der Waals surface area contributed by atoms with Gasteiger partial charge in [-0.25, -0.2) is 4.68 Å². The monoisotopic (exact) mass is 457 g/mol. The molecule has 2 bridgehead atoms. The number of amides is 1. The summed E-state index contributed by atoms with van der Waals surface area (Å²) < 4.78 is 8.10. The van der Waals surface area contributed by atoms with Crippen LogP contribution in [0.15, 0.2) is 10.7 Å². The number of piperidine rings is 1. The minimum Gasteiger partial charge on any atom is -0.481 e. The Bertz CT molecular complexity index is 704. The van der Waals surface area contributed by atoms with Crippen LogP contribution in [0.5, 0.6) is 0 Å². The number of aliphatic carboxylic acids is 1.